The number of fused-ring (bicyclic) bond motifs is 3. The number of thioether (sulfide) groups is 1. The highest BCUT2D eigenvalue weighted by Gasteiger charge is 2.25. The molecule has 4 rings (SSSR count). The molecule has 2 amide bonds. The van der Waals surface area contributed by atoms with E-state index in [1.54, 1.807) is 4.90 Å². The van der Waals surface area contributed by atoms with E-state index in [0.29, 0.717) is 18.3 Å². The molecule has 0 bridgehead atoms. The van der Waals surface area contributed by atoms with Crippen LogP contribution >= 0.6 is 11.8 Å². The molecule has 0 spiro atoms. The number of hydrogen-bond acceptors (Lipinski definition) is 4. The Bertz CT molecular complexity index is 897. The number of carbonyl (C=O) groups is 2. The van der Waals surface area contributed by atoms with Gasteiger partial charge in [0.25, 0.3) is 0 Å². The van der Waals surface area contributed by atoms with Gasteiger partial charge in [0, 0.05) is 25.3 Å². The molecular formula is C23H30N4O2S. The van der Waals surface area contributed by atoms with Gasteiger partial charge in [-0.05, 0) is 57.0 Å². The fourth-order valence-corrected chi connectivity index (χ4v) is 5.20. The molecule has 2 aromatic rings. The van der Waals surface area contributed by atoms with Crippen LogP contribution in [0, 0.1) is 0 Å². The van der Waals surface area contributed by atoms with E-state index in [-0.39, 0.29) is 18.4 Å². The van der Waals surface area contributed by atoms with Crippen molar-refractivity contribution in [1.82, 2.24) is 14.8 Å². The number of para-hydroxylation sites is 2. The van der Waals surface area contributed by atoms with Crippen molar-refractivity contribution in [3.05, 3.63) is 42.6 Å². The Hall–Kier alpha value is -2.25. The second-order valence-electron chi connectivity index (χ2n) is 8.06. The van der Waals surface area contributed by atoms with Crippen LogP contribution in [0.5, 0.6) is 0 Å². The lowest BCUT2D eigenvalue weighted by molar-refractivity contribution is -0.122. The maximum absolute atomic E-state index is 12.9. The normalized spacial score (nSPS) is 19.6. The third kappa shape index (κ3) is 4.73. The summed E-state index contributed by atoms with van der Waals surface area (Å²) in [5, 5.41) is 4.05. The summed E-state index contributed by atoms with van der Waals surface area (Å²) in [6, 6.07) is 12.4. The van der Waals surface area contributed by atoms with E-state index in [1.165, 1.54) is 31.0 Å². The van der Waals surface area contributed by atoms with Gasteiger partial charge in [0.05, 0.1) is 22.2 Å². The van der Waals surface area contributed by atoms with Crippen molar-refractivity contribution in [3.8, 4) is 5.69 Å². The molecule has 7 heteroatoms. The number of amides is 2. The van der Waals surface area contributed by atoms with Crippen LogP contribution in [0.1, 0.15) is 32.6 Å². The molecule has 6 nitrogen and oxygen atoms in total. The van der Waals surface area contributed by atoms with Crippen LogP contribution in [-0.2, 0) is 9.59 Å². The molecule has 1 saturated heterocycles. The Kier molecular flexibility index (Phi) is 6.79. The minimum atomic E-state index is -0.108. The summed E-state index contributed by atoms with van der Waals surface area (Å²) < 4.78 is 2.08. The lowest BCUT2D eigenvalue weighted by atomic mass is 10.0. The number of carbonyl (C=O) groups excluding carboxylic acids is 2. The van der Waals surface area contributed by atoms with Gasteiger partial charge in [-0.25, -0.2) is 0 Å². The summed E-state index contributed by atoms with van der Waals surface area (Å²) in [6.07, 6.45) is 6.79. The quantitative estimate of drug-likeness (QED) is 0.720. The van der Waals surface area contributed by atoms with Crippen LogP contribution in [0.25, 0.3) is 5.69 Å². The fraction of sp³-hybridized carbons (Fsp3) is 0.478. The minimum absolute atomic E-state index is 0.0443. The summed E-state index contributed by atoms with van der Waals surface area (Å²) in [7, 11) is 0. The molecule has 2 aliphatic heterocycles. The smallest absolute Gasteiger partial charge is 0.240 e. The first-order chi connectivity index (χ1) is 14.6. The van der Waals surface area contributed by atoms with E-state index in [2.05, 4.69) is 21.7 Å². The number of aromatic nitrogens is 1. The van der Waals surface area contributed by atoms with Gasteiger partial charge in [0.2, 0.25) is 11.8 Å². The number of piperidine rings is 1. The van der Waals surface area contributed by atoms with Gasteiger partial charge in [0.15, 0.2) is 0 Å². The van der Waals surface area contributed by atoms with Crippen molar-refractivity contribution < 1.29 is 9.59 Å². The summed E-state index contributed by atoms with van der Waals surface area (Å²) in [5.41, 5.74) is 1.70. The molecule has 1 fully saturated rings. The lowest BCUT2D eigenvalue weighted by Gasteiger charge is -2.33. The Labute approximate surface area is 182 Å². The van der Waals surface area contributed by atoms with Crippen molar-refractivity contribution in [2.24, 2.45) is 0 Å². The van der Waals surface area contributed by atoms with Crippen LogP contribution in [0.3, 0.4) is 0 Å². The Morgan fingerprint density at radius 1 is 1.17 bits per heavy atom. The Morgan fingerprint density at radius 2 is 2.00 bits per heavy atom. The summed E-state index contributed by atoms with van der Waals surface area (Å²) >= 11 is 1.50. The van der Waals surface area contributed by atoms with E-state index in [1.807, 2.05) is 42.6 Å². The van der Waals surface area contributed by atoms with Crippen LogP contribution in [0.15, 0.2) is 47.6 Å². The predicted molar refractivity (Wildman–Crippen MR) is 121 cm³/mol. The number of rotatable bonds is 6. The van der Waals surface area contributed by atoms with Gasteiger partial charge in [-0.3, -0.25) is 9.59 Å². The maximum Gasteiger partial charge on any atom is 0.240 e. The second-order valence-corrected chi connectivity index (χ2v) is 9.05. The zero-order chi connectivity index (χ0) is 20.9. The molecule has 0 unspecified atom stereocenters. The van der Waals surface area contributed by atoms with Crippen molar-refractivity contribution in [1.29, 1.82) is 0 Å². The Morgan fingerprint density at radius 3 is 2.83 bits per heavy atom. The van der Waals surface area contributed by atoms with Crippen LogP contribution in [0.4, 0.5) is 5.69 Å². The number of hydrogen-bond donors (Lipinski definition) is 1. The third-order valence-corrected chi connectivity index (χ3v) is 6.99. The van der Waals surface area contributed by atoms with E-state index < -0.39 is 0 Å². The molecule has 0 aliphatic carbocycles. The zero-order valence-electron chi connectivity index (χ0n) is 17.5. The van der Waals surface area contributed by atoms with Gasteiger partial charge >= 0.3 is 0 Å². The highest BCUT2D eigenvalue weighted by atomic mass is 32.2. The van der Waals surface area contributed by atoms with Crippen LogP contribution in [-0.4, -0.2) is 59.3 Å². The molecule has 30 heavy (non-hydrogen) atoms. The Balaban J connectivity index is 1.38. The molecule has 3 heterocycles. The van der Waals surface area contributed by atoms with Gasteiger partial charge in [-0.15, -0.1) is 0 Å². The first-order valence-electron chi connectivity index (χ1n) is 10.8. The number of nitrogens with zero attached hydrogens (tertiary/aromatic N) is 3. The molecule has 1 N–H and O–H groups in total. The standard InChI is InChI=1S/C23H30N4O2S/c1-18-8-4-5-13-25(18)14-7-12-24-21(28)16-27-20-10-3-2-9-19(20)26-15-6-11-23(26)30-17-22(27)29/h2-3,6,9-11,15,18H,4-5,7-8,12-14,16-17H2,1H3,(H,24,28)/t18-/m0/s1. The first kappa shape index (κ1) is 21.0. The van der Waals surface area contributed by atoms with Gasteiger partial charge in [0.1, 0.15) is 6.54 Å². The number of nitrogens with one attached hydrogen (secondary N) is 1. The van der Waals surface area contributed by atoms with Gasteiger partial charge in [-0.2, -0.15) is 0 Å². The van der Waals surface area contributed by atoms with E-state index >= 15 is 0 Å². The van der Waals surface area contributed by atoms with Crippen molar-refractivity contribution in [2.45, 2.75) is 43.7 Å². The fourth-order valence-electron chi connectivity index (χ4n) is 4.30. The lowest BCUT2D eigenvalue weighted by Crippen LogP contribution is -2.43. The molecule has 0 radical (unpaired) electrons. The zero-order valence-corrected chi connectivity index (χ0v) is 18.4. The highest BCUT2D eigenvalue weighted by Crippen LogP contribution is 2.32. The van der Waals surface area contributed by atoms with Crippen LogP contribution < -0.4 is 10.2 Å². The minimum Gasteiger partial charge on any atom is -0.355 e. The molecule has 1 aromatic heterocycles. The molecule has 160 valence electrons. The van der Waals surface area contributed by atoms with E-state index in [4.69, 9.17) is 0 Å². The average molecular weight is 427 g/mol. The topological polar surface area (TPSA) is 57.6 Å². The van der Waals surface area contributed by atoms with Crippen molar-refractivity contribution in [3.63, 3.8) is 0 Å². The highest BCUT2D eigenvalue weighted by molar-refractivity contribution is 7.99. The molecule has 0 saturated carbocycles. The SMILES string of the molecule is C[C@H]1CCCCN1CCCNC(=O)CN1C(=O)CSc2cccn2-c2ccccc21. The van der Waals surface area contributed by atoms with Gasteiger partial charge in [-0.1, -0.05) is 30.3 Å². The number of benzene rings is 1. The largest absolute Gasteiger partial charge is 0.355 e. The van der Waals surface area contributed by atoms with E-state index in [9.17, 15) is 9.59 Å². The number of anilines is 1. The average Bonchev–Trinajstić information content (AvgIpc) is 3.22. The predicted octanol–water partition coefficient (Wildman–Crippen LogP) is 3.30. The molecule has 1 aromatic carbocycles. The number of likely N-dealkylation sites (tertiary alicyclic amines) is 1. The molecule has 1 atom stereocenters. The monoisotopic (exact) mass is 426 g/mol. The van der Waals surface area contributed by atoms with Crippen molar-refractivity contribution >= 4 is 29.3 Å². The van der Waals surface area contributed by atoms with E-state index in [0.717, 1.165) is 35.9 Å². The molecule has 2 aliphatic rings. The van der Waals surface area contributed by atoms with Crippen LogP contribution in [0.2, 0.25) is 0 Å². The third-order valence-electron chi connectivity index (χ3n) is 5.97. The van der Waals surface area contributed by atoms with Gasteiger partial charge < -0.3 is 19.7 Å². The molecular weight excluding hydrogens is 396 g/mol. The summed E-state index contributed by atoms with van der Waals surface area (Å²) in [6.45, 7) is 5.15. The second kappa shape index (κ2) is 9.71. The summed E-state index contributed by atoms with van der Waals surface area (Å²) in [5.74, 6) is 0.165. The maximum atomic E-state index is 12.9. The van der Waals surface area contributed by atoms with Crippen molar-refractivity contribution in [2.75, 3.05) is 36.8 Å². The summed E-state index contributed by atoms with van der Waals surface area (Å²) in [4.78, 5) is 29.7. The first-order valence-corrected chi connectivity index (χ1v) is 11.8.